The molecule has 1 rings (SSSR count). The topological polar surface area (TPSA) is 4.36 Å². The van der Waals surface area contributed by atoms with Gasteiger partial charge in [-0.2, -0.15) is 0 Å². The van der Waals surface area contributed by atoms with Crippen molar-refractivity contribution in [1.29, 1.82) is 0 Å². The van der Waals surface area contributed by atoms with Crippen molar-refractivity contribution in [3.63, 3.8) is 0 Å². The molecule has 0 amide bonds. The van der Waals surface area contributed by atoms with Crippen molar-refractivity contribution in [3.8, 4) is 0 Å². The summed E-state index contributed by atoms with van der Waals surface area (Å²) >= 11 is 5.33. The predicted molar refractivity (Wildman–Crippen MR) is 46.5 cm³/mol. The Bertz CT molecular complexity index is 357. The molecule has 4 heteroatoms. The number of rotatable bonds is 2. The minimum atomic E-state index is -0.772. The van der Waals surface area contributed by atoms with Crippen LogP contribution in [0, 0.1) is 18.2 Å². The summed E-state index contributed by atoms with van der Waals surface area (Å²) in [6.45, 7) is 6.69. The molecular weight excluding hydrogens is 196 g/mol. The fourth-order valence-electron chi connectivity index (χ4n) is 0.935. The summed E-state index contributed by atoms with van der Waals surface area (Å²) in [6.07, 6.45) is 0.259. The molecule has 0 aliphatic carbocycles. The van der Waals surface area contributed by atoms with Gasteiger partial charge in [-0.25, -0.2) is 15.4 Å². The van der Waals surface area contributed by atoms with E-state index < -0.39 is 16.7 Å². The molecular formula is C9H6ClF2N. The van der Waals surface area contributed by atoms with E-state index in [1.165, 1.54) is 6.07 Å². The zero-order valence-corrected chi connectivity index (χ0v) is 7.41. The Morgan fingerprint density at radius 1 is 1.38 bits per heavy atom. The maximum Gasteiger partial charge on any atom is 0.218 e. The number of halogens is 3. The van der Waals surface area contributed by atoms with Crippen molar-refractivity contribution in [2.75, 3.05) is 6.54 Å². The van der Waals surface area contributed by atoms with Crippen LogP contribution in [0.4, 0.5) is 8.78 Å². The van der Waals surface area contributed by atoms with Gasteiger partial charge in [0.25, 0.3) is 0 Å². The Hall–Kier alpha value is -1.14. The molecule has 1 aromatic rings. The van der Waals surface area contributed by atoms with Crippen LogP contribution in [0.3, 0.4) is 0 Å². The largest absolute Gasteiger partial charge is 0.317 e. The molecule has 0 aliphatic heterocycles. The second kappa shape index (κ2) is 4.20. The molecule has 0 unspecified atom stereocenters. The fraction of sp³-hybridized carbons (Fsp3) is 0.222. The van der Waals surface area contributed by atoms with E-state index in [-0.39, 0.29) is 18.5 Å². The summed E-state index contributed by atoms with van der Waals surface area (Å²) in [6, 6.07) is 2.41. The quantitative estimate of drug-likeness (QED) is 0.512. The first-order valence-electron chi connectivity index (χ1n) is 3.62. The lowest BCUT2D eigenvalue weighted by Gasteiger charge is -2.01. The lowest BCUT2D eigenvalue weighted by Crippen LogP contribution is -1.95. The minimum absolute atomic E-state index is 0.179. The van der Waals surface area contributed by atoms with E-state index in [4.69, 9.17) is 18.2 Å². The van der Waals surface area contributed by atoms with E-state index in [0.717, 1.165) is 6.07 Å². The van der Waals surface area contributed by atoms with Gasteiger partial charge < -0.3 is 4.85 Å². The summed E-state index contributed by atoms with van der Waals surface area (Å²) in [5, 5.41) is -0.498. The summed E-state index contributed by atoms with van der Waals surface area (Å²) in [5.41, 5.74) is 0.280. The molecule has 0 bridgehead atoms. The highest BCUT2D eigenvalue weighted by atomic mass is 35.5. The standard InChI is InChI=1S/C9H6ClF2N/c1-13-5-4-6-2-3-7(11)8(10)9(6)12/h2-3H,4-5H2. The van der Waals surface area contributed by atoms with Gasteiger partial charge in [-0.1, -0.05) is 17.7 Å². The zero-order chi connectivity index (χ0) is 9.84. The molecule has 0 fully saturated rings. The van der Waals surface area contributed by atoms with E-state index >= 15 is 0 Å². The highest BCUT2D eigenvalue weighted by Gasteiger charge is 2.11. The Labute approximate surface area is 79.8 Å². The van der Waals surface area contributed by atoms with Gasteiger partial charge in [0.15, 0.2) is 0 Å². The first-order chi connectivity index (χ1) is 6.16. The van der Waals surface area contributed by atoms with Crippen molar-refractivity contribution in [2.24, 2.45) is 0 Å². The molecule has 0 saturated carbocycles. The highest BCUT2D eigenvalue weighted by Crippen LogP contribution is 2.22. The van der Waals surface area contributed by atoms with Crippen LogP contribution in [-0.2, 0) is 6.42 Å². The van der Waals surface area contributed by atoms with E-state index in [0.29, 0.717) is 0 Å². The molecule has 0 N–H and O–H groups in total. The van der Waals surface area contributed by atoms with Crippen LogP contribution in [0.1, 0.15) is 5.56 Å². The number of hydrogen-bond donors (Lipinski definition) is 0. The van der Waals surface area contributed by atoms with Crippen molar-refractivity contribution < 1.29 is 8.78 Å². The number of benzene rings is 1. The summed E-state index contributed by atoms with van der Waals surface area (Å²) in [4.78, 5) is 3.07. The van der Waals surface area contributed by atoms with Crippen LogP contribution in [0.2, 0.25) is 5.02 Å². The van der Waals surface area contributed by atoms with Crippen LogP contribution in [0.15, 0.2) is 12.1 Å². The van der Waals surface area contributed by atoms with Gasteiger partial charge >= 0.3 is 0 Å². The molecule has 68 valence electrons. The van der Waals surface area contributed by atoms with Crippen LogP contribution < -0.4 is 0 Å². The maximum atomic E-state index is 13.1. The van der Waals surface area contributed by atoms with E-state index in [9.17, 15) is 8.78 Å². The molecule has 0 aromatic heterocycles. The van der Waals surface area contributed by atoms with Crippen molar-refractivity contribution in [3.05, 3.63) is 45.8 Å². The fourth-order valence-corrected chi connectivity index (χ4v) is 1.12. The molecule has 13 heavy (non-hydrogen) atoms. The normalized spacial score (nSPS) is 9.69. The third kappa shape index (κ3) is 2.16. The van der Waals surface area contributed by atoms with Gasteiger partial charge in [0.2, 0.25) is 6.54 Å². The molecule has 0 spiro atoms. The van der Waals surface area contributed by atoms with Crippen molar-refractivity contribution >= 4 is 11.6 Å². The Morgan fingerprint density at radius 3 is 2.69 bits per heavy atom. The van der Waals surface area contributed by atoms with Gasteiger partial charge in [0.05, 0.1) is 0 Å². The van der Waals surface area contributed by atoms with Crippen LogP contribution >= 0.6 is 11.6 Å². The smallest absolute Gasteiger partial charge is 0.218 e. The number of hydrogen-bond acceptors (Lipinski definition) is 0. The molecule has 0 saturated heterocycles. The van der Waals surface area contributed by atoms with E-state index in [1.807, 2.05) is 0 Å². The van der Waals surface area contributed by atoms with Gasteiger partial charge in [-0.05, 0) is 11.6 Å². The first kappa shape index (κ1) is 9.94. The van der Waals surface area contributed by atoms with Crippen molar-refractivity contribution in [1.82, 2.24) is 0 Å². The second-order valence-corrected chi connectivity index (χ2v) is 2.84. The van der Waals surface area contributed by atoms with Gasteiger partial charge in [0.1, 0.15) is 16.7 Å². The highest BCUT2D eigenvalue weighted by molar-refractivity contribution is 6.30. The van der Waals surface area contributed by atoms with E-state index in [2.05, 4.69) is 4.85 Å². The lowest BCUT2D eigenvalue weighted by molar-refractivity contribution is 0.574. The van der Waals surface area contributed by atoms with Gasteiger partial charge in [0, 0.05) is 6.42 Å². The lowest BCUT2D eigenvalue weighted by atomic mass is 10.1. The first-order valence-corrected chi connectivity index (χ1v) is 4.00. The molecule has 1 nitrogen and oxygen atoms in total. The van der Waals surface area contributed by atoms with Crippen LogP contribution in [0.5, 0.6) is 0 Å². The average molecular weight is 202 g/mol. The molecule has 0 aliphatic rings. The summed E-state index contributed by atoms with van der Waals surface area (Å²) in [5.74, 6) is -1.53. The molecule has 1 aromatic carbocycles. The van der Waals surface area contributed by atoms with Gasteiger partial charge in [-0.15, -0.1) is 0 Å². The average Bonchev–Trinajstić information content (AvgIpc) is 2.13. The molecule has 0 atom stereocenters. The van der Waals surface area contributed by atoms with Crippen molar-refractivity contribution in [2.45, 2.75) is 6.42 Å². The van der Waals surface area contributed by atoms with Crippen LogP contribution in [-0.4, -0.2) is 6.54 Å². The third-order valence-corrected chi connectivity index (χ3v) is 1.95. The Morgan fingerprint density at radius 2 is 2.08 bits per heavy atom. The molecule has 0 heterocycles. The van der Waals surface area contributed by atoms with Gasteiger partial charge in [-0.3, -0.25) is 0 Å². The SMILES string of the molecule is [C-]#[N+]CCc1ccc(F)c(Cl)c1F. The maximum absolute atomic E-state index is 13.1. The minimum Gasteiger partial charge on any atom is -0.317 e. The zero-order valence-electron chi connectivity index (χ0n) is 6.65. The Balaban J connectivity index is 2.98. The molecule has 0 radical (unpaired) electrons. The number of nitrogens with zero attached hydrogens (tertiary/aromatic N) is 1. The predicted octanol–water partition coefficient (Wildman–Crippen LogP) is 3.08. The van der Waals surface area contributed by atoms with E-state index in [1.54, 1.807) is 0 Å². The third-order valence-electron chi connectivity index (χ3n) is 1.61. The summed E-state index contributed by atoms with van der Waals surface area (Å²) < 4.78 is 25.8. The summed E-state index contributed by atoms with van der Waals surface area (Å²) in [7, 11) is 0. The second-order valence-electron chi connectivity index (χ2n) is 2.47. The Kier molecular flexibility index (Phi) is 3.21. The van der Waals surface area contributed by atoms with Crippen LogP contribution in [0.25, 0.3) is 4.85 Å². The monoisotopic (exact) mass is 201 g/mol.